The van der Waals surface area contributed by atoms with E-state index in [1.807, 2.05) is 30.3 Å². The normalized spacial score (nSPS) is 10.9. The van der Waals surface area contributed by atoms with Crippen LogP contribution in [-0.2, 0) is 5.75 Å². The molecule has 4 rings (SSSR count). The van der Waals surface area contributed by atoms with Gasteiger partial charge < -0.3 is 0 Å². The number of hydrazone groups is 1. The number of hydrogen-bond acceptors (Lipinski definition) is 6. The maximum Gasteiger partial charge on any atom is 0.271 e. The Hall–Kier alpha value is -3.47. The highest BCUT2D eigenvalue weighted by Crippen LogP contribution is 2.31. The Kier molecular flexibility index (Phi) is 6.18. The van der Waals surface area contributed by atoms with Crippen molar-refractivity contribution in [2.24, 2.45) is 5.10 Å². The molecule has 1 aromatic heterocycles. The molecule has 1 amide bonds. The molecule has 1 heterocycles. The Morgan fingerprint density at radius 1 is 1.10 bits per heavy atom. The second-order valence-electron chi connectivity index (χ2n) is 6.37. The summed E-state index contributed by atoms with van der Waals surface area (Å²) in [6.07, 6.45) is 1.54. The highest BCUT2D eigenvalue weighted by atomic mass is 32.2. The van der Waals surface area contributed by atoms with E-state index >= 15 is 0 Å². The van der Waals surface area contributed by atoms with Gasteiger partial charge in [0.1, 0.15) is 0 Å². The minimum Gasteiger partial charge on any atom is -0.267 e. The number of fused-ring (bicyclic) bond motifs is 1. The number of amides is 1. The summed E-state index contributed by atoms with van der Waals surface area (Å²) in [5.41, 5.74) is 6.59. The van der Waals surface area contributed by atoms with E-state index in [0.717, 1.165) is 26.7 Å². The van der Waals surface area contributed by atoms with E-state index in [1.165, 1.54) is 4.70 Å². The fraction of sp³-hybridized carbons (Fsp3) is 0.0435. The molecule has 5 nitrogen and oxygen atoms in total. The maximum atomic E-state index is 12.2. The summed E-state index contributed by atoms with van der Waals surface area (Å²) in [7, 11) is 0. The summed E-state index contributed by atoms with van der Waals surface area (Å²) < 4.78 is 2.23. The standard InChI is InChI=1S/C23H16N4OS2/c24-13-16-5-7-17(8-6-16)14-25-27-22(28)19-11-9-18(10-12-19)15-29-23-26-20-3-1-2-4-21(20)30-23/h1-12,14H,15H2,(H,27,28)/b25-14+. The minimum atomic E-state index is -0.273. The van der Waals surface area contributed by atoms with E-state index in [0.29, 0.717) is 11.1 Å². The first kappa shape index (κ1) is 19.8. The molecule has 30 heavy (non-hydrogen) atoms. The van der Waals surface area contributed by atoms with Crippen molar-refractivity contribution in [3.8, 4) is 6.07 Å². The predicted molar refractivity (Wildman–Crippen MR) is 122 cm³/mol. The van der Waals surface area contributed by atoms with Gasteiger partial charge in [0.15, 0.2) is 4.34 Å². The molecule has 1 N–H and O–H groups in total. The molecule has 0 bridgehead atoms. The van der Waals surface area contributed by atoms with Crippen molar-refractivity contribution in [3.63, 3.8) is 0 Å². The number of carbonyl (C=O) groups excluding carboxylic acids is 1. The van der Waals surface area contributed by atoms with E-state index in [9.17, 15) is 4.79 Å². The van der Waals surface area contributed by atoms with Crippen molar-refractivity contribution in [3.05, 3.63) is 95.1 Å². The van der Waals surface area contributed by atoms with Gasteiger partial charge in [-0.05, 0) is 47.5 Å². The van der Waals surface area contributed by atoms with Crippen LogP contribution in [0.4, 0.5) is 0 Å². The van der Waals surface area contributed by atoms with Crippen LogP contribution in [0.2, 0.25) is 0 Å². The first-order chi connectivity index (χ1) is 14.7. The highest BCUT2D eigenvalue weighted by molar-refractivity contribution is 8.00. The first-order valence-corrected chi connectivity index (χ1v) is 10.9. The second-order valence-corrected chi connectivity index (χ2v) is 8.62. The van der Waals surface area contributed by atoms with Crippen LogP contribution in [0.25, 0.3) is 10.2 Å². The van der Waals surface area contributed by atoms with Crippen molar-refractivity contribution in [2.45, 2.75) is 10.1 Å². The average Bonchev–Trinajstić information content (AvgIpc) is 3.21. The number of aromatic nitrogens is 1. The molecule has 4 aromatic rings. The molecule has 0 saturated carbocycles. The summed E-state index contributed by atoms with van der Waals surface area (Å²) in [5.74, 6) is 0.517. The fourth-order valence-electron chi connectivity index (χ4n) is 2.68. The van der Waals surface area contributed by atoms with Gasteiger partial charge in [-0.2, -0.15) is 10.4 Å². The van der Waals surface area contributed by atoms with Crippen molar-refractivity contribution < 1.29 is 4.79 Å². The summed E-state index contributed by atoms with van der Waals surface area (Å²) in [5, 5.41) is 12.8. The summed E-state index contributed by atoms with van der Waals surface area (Å²) in [6.45, 7) is 0. The first-order valence-electron chi connectivity index (χ1n) is 9.12. The second kappa shape index (κ2) is 9.35. The number of thiazole rings is 1. The lowest BCUT2D eigenvalue weighted by Gasteiger charge is -2.03. The Labute approximate surface area is 182 Å². The van der Waals surface area contributed by atoms with Gasteiger partial charge in [-0.3, -0.25) is 4.79 Å². The van der Waals surface area contributed by atoms with Crippen molar-refractivity contribution in [1.29, 1.82) is 5.26 Å². The number of nitrogens with one attached hydrogen (secondary N) is 1. The molecular weight excluding hydrogens is 412 g/mol. The fourth-order valence-corrected chi connectivity index (χ4v) is 4.71. The van der Waals surface area contributed by atoms with Crippen LogP contribution in [0.1, 0.15) is 27.0 Å². The molecule has 0 saturated heterocycles. The van der Waals surface area contributed by atoms with Gasteiger partial charge in [-0.25, -0.2) is 10.4 Å². The third kappa shape index (κ3) is 4.92. The van der Waals surface area contributed by atoms with E-state index in [2.05, 4.69) is 27.6 Å². The molecule has 0 atom stereocenters. The van der Waals surface area contributed by atoms with Gasteiger partial charge in [0.2, 0.25) is 0 Å². The van der Waals surface area contributed by atoms with Crippen LogP contribution < -0.4 is 5.43 Å². The summed E-state index contributed by atoms with van der Waals surface area (Å²) >= 11 is 3.38. The number of carbonyl (C=O) groups is 1. The van der Waals surface area contributed by atoms with Gasteiger partial charge in [-0.1, -0.05) is 48.2 Å². The molecule has 0 aliphatic heterocycles. The Bertz CT molecular complexity index is 1210. The smallest absolute Gasteiger partial charge is 0.267 e. The van der Waals surface area contributed by atoms with Crippen LogP contribution >= 0.6 is 23.1 Å². The lowest BCUT2D eigenvalue weighted by Crippen LogP contribution is -2.17. The molecule has 0 spiro atoms. The van der Waals surface area contributed by atoms with Crippen LogP contribution in [0.15, 0.2) is 82.2 Å². The molecular formula is C23H16N4OS2. The number of hydrogen-bond donors (Lipinski definition) is 1. The summed E-state index contributed by atoms with van der Waals surface area (Å²) in [4.78, 5) is 16.9. The third-order valence-electron chi connectivity index (χ3n) is 4.27. The van der Waals surface area contributed by atoms with Crippen molar-refractivity contribution in [2.75, 3.05) is 0 Å². The topological polar surface area (TPSA) is 78.1 Å². The van der Waals surface area contributed by atoms with Gasteiger partial charge in [0, 0.05) is 11.3 Å². The quantitative estimate of drug-likeness (QED) is 0.259. The average molecular weight is 429 g/mol. The molecule has 146 valence electrons. The Morgan fingerprint density at radius 2 is 1.87 bits per heavy atom. The van der Waals surface area contributed by atoms with Crippen molar-refractivity contribution >= 4 is 45.4 Å². The summed E-state index contributed by atoms with van der Waals surface area (Å²) in [6, 6.07) is 24.6. The minimum absolute atomic E-state index is 0.273. The lowest BCUT2D eigenvalue weighted by molar-refractivity contribution is 0.0955. The van der Waals surface area contributed by atoms with Gasteiger partial charge in [0.25, 0.3) is 5.91 Å². The third-order valence-corrected chi connectivity index (χ3v) is 6.52. The maximum absolute atomic E-state index is 12.2. The van der Waals surface area contributed by atoms with Crippen LogP contribution in [-0.4, -0.2) is 17.1 Å². The van der Waals surface area contributed by atoms with Gasteiger partial charge in [0.05, 0.1) is 28.1 Å². The zero-order valence-corrected chi connectivity index (χ0v) is 17.4. The van der Waals surface area contributed by atoms with Crippen LogP contribution in [0.3, 0.4) is 0 Å². The molecule has 3 aromatic carbocycles. The number of benzene rings is 3. The van der Waals surface area contributed by atoms with E-state index in [1.54, 1.807) is 65.7 Å². The number of nitrogens with zero attached hydrogens (tertiary/aromatic N) is 3. The number of para-hydroxylation sites is 1. The van der Waals surface area contributed by atoms with Gasteiger partial charge in [-0.15, -0.1) is 11.3 Å². The Balaban J connectivity index is 1.31. The van der Waals surface area contributed by atoms with Crippen LogP contribution in [0.5, 0.6) is 0 Å². The Morgan fingerprint density at radius 3 is 2.60 bits per heavy atom. The van der Waals surface area contributed by atoms with Crippen LogP contribution in [0, 0.1) is 11.3 Å². The molecule has 0 unspecified atom stereocenters. The zero-order chi connectivity index (χ0) is 20.8. The molecule has 0 fully saturated rings. The van der Waals surface area contributed by atoms with E-state index in [-0.39, 0.29) is 5.91 Å². The number of nitriles is 1. The zero-order valence-electron chi connectivity index (χ0n) is 15.8. The SMILES string of the molecule is N#Cc1ccc(/C=N/NC(=O)c2ccc(CSc3nc4ccccc4s3)cc2)cc1. The molecule has 0 aliphatic rings. The van der Waals surface area contributed by atoms with E-state index in [4.69, 9.17) is 5.26 Å². The molecule has 0 aliphatic carbocycles. The van der Waals surface area contributed by atoms with Gasteiger partial charge >= 0.3 is 0 Å². The van der Waals surface area contributed by atoms with Crippen molar-refractivity contribution in [1.82, 2.24) is 10.4 Å². The largest absolute Gasteiger partial charge is 0.271 e. The lowest BCUT2D eigenvalue weighted by atomic mass is 10.1. The monoisotopic (exact) mass is 428 g/mol. The molecule has 7 heteroatoms. The number of thioether (sulfide) groups is 1. The molecule has 0 radical (unpaired) electrons. The predicted octanol–water partition coefficient (Wildman–Crippen LogP) is 5.22. The van der Waals surface area contributed by atoms with E-state index < -0.39 is 0 Å². The number of rotatable bonds is 6. The highest BCUT2D eigenvalue weighted by Gasteiger charge is 2.06.